The van der Waals surface area contributed by atoms with E-state index >= 15 is 0 Å². The summed E-state index contributed by atoms with van der Waals surface area (Å²) in [6, 6.07) is 11.2. The Morgan fingerprint density at radius 3 is 2.52 bits per heavy atom. The van der Waals surface area contributed by atoms with Gasteiger partial charge < -0.3 is 24.1 Å². The Bertz CT molecular complexity index is 918. The molecule has 0 aromatic heterocycles. The predicted octanol–water partition coefficient (Wildman–Crippen LogP) is 4.62. The van der Waals surface area contributed by atoms with Crippen LogP contribution in [0.3, 0.4) is 0 Å². The van der Waals surface area contributed by atoms with Crippen molar-refractivity contribution in [2.24, 2.45) is 5.92 Å². The molecule has 2 aromatic rings. The van der Waals surface area contributed by atoms with E-state index in [1.165, 1.54) is 20.0 Å². The first-order valence-electron chi connectivity index (χ1n) is 10.9. The number of aromatic hydroxyl groups is 1. The molecule has 6 heteroatoms. The molecule has 0 spiro atoms. The highest BCUT2D eigenvalue weighted by Crippen LogP contribution is 2.38. The molecule has 0 amide bonds. The normalized spacial score (nSPS) is 21.5. The van der Waals surface area contributed by atoms with E-state index in [0.717, 1.165) is 35.5 Å². The molecular weight excluding hydrogens is 396 g/mol. The van der Waals surface area contributed by atoms with Gasteiger partial charge in [-0.1, -0.05) is 12.1 Å². The minimum atomic E-state index is -0.255. The summed E-state index contributed by atoms with van der Waals surface area (Å²) in [6.45, 7) is 0.365. The van der Waals surface area contributed by atoms with Gasteiger partial charge in [-0.25, -0.2) is 0 Å². The molecule has 1 aliphatic heterocycles. The largest absolute Gasteiger partial charge is 0.504 e. The van der Waals surface area contributed by atoms with Crippen LogP contribution >= 0.6 is 0 Å². The van der Waals surface area contributed by atoms with Crippen LogP contribution in [0.2, 0.25) is 0 Å². The predicted molar refractivity (Wildman–Crippen MR) is 116 cm³/mol. The average molecular weight is 427 g/mol. The fourth-order valence-electron chi connectivity index (χ4n) is 4.57. The Morgan fingerprint density at radius 1 is 1.00 bits per heavy atom. The number of ether oxygens (including phenoxy) is 4. The van der Waals surface area contributed by atoms with E-state index in [4.69, 9.17) is 18.9 Å². The lowest BCUT2D eigenvalue weighted by atomic mass is 9.84. The topological polar surface area (TPSA) is 74.2 Å². The van der Waals surface area contributed by atoms with E-state index in [1.807, 2.05) is 24.3 Å². The fraction of sp³-hybridized carbons (Fsp3) is 0.480. The molecule has 4 rings (SSSR count). The number of methoxy groups -OCH3 is 2. The first kappa shape index (κ1) is 21.3. The van der Waals surface area contributed by atoms with Gasteiger partial charge in [0.15, 0.2) is 23.0 Å². The van der Waals surface area contributed by atoms with Crippen LogP contribution in [0, 0.1) is 5.92 Å². The van der Waals surface area contributed by atoms with Gasteiger partial charge in [0.1, 0.15) is 0 Å². The van der Waals surface area contributed by atoms with Crippen LogP contribution in [0.25, 0.3) is 0 Å². The summed E-state index contributed by atoms with van der Waals surface area (Å²) in [7, 11) is 3.17. The van der Waals surface area contributed by atoms with Crippen molar-refractivity contribution in [1.82, 2.24) is 0 Å². The number of carbonyl (C=O) groups excluding carboxylic acids is 1. The molecule has 6 nitrogen and oxygen atoms in total. The molecule has 31 heavy (non-hydrogen) atoms. The van der Waals surface area contributed by atoms with Gasteiger partial charge in [-0.15, -0.1) is 0 Å². The third-order valence-electron chi connectivity index (χ3n) is 6.31. The number of carbonyl (C=O) groups is 1. The Morgan fingerprint density at radius 2 is 1.77 bits per heavy atom. The summed E-state index contributed by atoms with van der Waals surface area (Å²) in [5, 5.41) is 9.82. The number of hydrogen-bond acceptors (Lipinski definition) is 6. The van der Waals surface area contributed by atoms with Crippen molar-refractivity contribution in [3.8, 4) is 23.0 Å². The zero-order chi connectivity index (χ0) is 21.8. The van der Waals surface area contributed by atoms with Crippen molar-refractivity contribution in [2.45, 2.75) is 50.5 Å². The number of rotatable bonds is 7. The number of phenols is 1. The molecule has 2 atom stereocenters. The lowest BCUT2D eigenvalue weighted by Gasteiger charge is -2.29. The molecule has 1 heterocycles. The molecule has 1 saturated heterocycles. The second-order valence-electron chi connectivity index (χ2n) is 8.40. The Balaban J connectivity index is 1.50. The van der Waals surface area contributed by atoms with Crippen LogP contribution in [-0.4, -0.2) is 38.0 Å². The van der Waals surface area contributed by atoms with Crippen molar-refractivity contribution < 1.29 is 28.8 Å². The summed E-state index contributed by atoms with van der Waals surface area (Å²) in [4.78, 5) is 12.4. The van der Waals surface area contributed by atoms with Gasteiger partial charge in [0.2, 0.25) is 0 Å². The highest BCUT2D eigenvalue weighted by molar-refractivity contribution is 5.74. The number of cyclic esters (lactones) is 1. The Labute approximate surface area is 183 Å². The fourth-order valence-corrected chi connectivity index (χ4v) is 4.57. The van der Waals surface area contributed by atoms with E-state index in [2.05, 4.69) is 0 Å². The highest BCUT2D eigenvalue weighted by Gasteiger charge is 2.32. The smallest absolute Gasteiger partial charge is 0.309 e. The van der Waals surface area contributed by atoms with Crippen molar-refractivity contribution in [1.29, 1.82) is 0 Å². The minimum Gasteiger partial charge on any atom is -0.504 e. The second kappa shape index (κ2) is 9.50. The van der Waals surface area contributed by atoms with E-state index in [9.17, 15) is 9.90 Å². The summed E-state index contributed by atoms with van der Waals surface area (Å²) in [6.07, 6.45) is 6.03. The molecule has 0 bridgehead atoms. The molecule has 1 unspecified atom stereocenters. The number of esters is 1. The Hall–Kier alpha value is -2.89. The highest BCUT2D eigenvalue weighted by atomic mass is 16.5. The zero-order valence-electron chi connectivity index (χ0n) is 18.1. The maximum Gasteiger partial charge on any atom is 0.309 e. The summed E-state index contributed by atoms with van der Waals surface area (Å²) in [5.74, 6) is 1.65. The van der Waals surface area contributed by atoms with Gasteiger partial charge in [0.25, 0.3) is 0 Å². The van der Waals surface area contributed by atoms with E-state index in [1.54, 1.807) is 19.2 Å². The van der Waals surface area contributed by atoms with Crippen molar-refractivity contribution in [2.75, 3.05) is 20.8 Å². The van der Waals surface area contributed by atoms with E-state index in [-0.39, 0.29) is 29.7 Å². The van der Waals surface area contributed by atoms with Gasteiger partial charge in [-0.3, -0.25) is 4.79 Å². The molecular formula is C25H30O6. The minimum absolute atomic E-state index is 0.0865. The third kappa shape index (κ3) is 4.89. The van der Waals surface area contributed by atoms with Crippen LogP contribution in [-0.2, 0) is 16.0 Å². The maximum atomic E-state index is 12.4. The van der Waals surface area contributed by atoms with Crippen LogP contribution in [0.5, 0.6) is 23.0 Å². The number of benzene rings is 2. The standard InChI is InChI=1S/C25H30O6/c1-28-22-10-8-17(14-24(22)31-20-5-3-4-6-20)19-13-18(25(27)30-15-19)11-16-7-9-21(26)23(12-16)29-2/h7-10,12,14,18-20,26H,3-6,11,13,15H2,1-2H3/t18?,19-/m1/s1. The quantitative estimate of drug-likeness (QED) is 0.651. The van der Waals surface area contributed by atoms with Crippen molar-refractivity contribution >= 4 is 5.97 Å². The first-order valence-corrected chi connectivity index (χ1v) is 10.9. The molecule has 0 radical (unpaired) electrons. The lowest BCUT2D eigenvalue weighted by Crippen LogP contribution is -2.31. The third-order valence-corrected chi connectivity index (χ3v) is 6.31. The molecule has 1 N–H and O–H groups in total. The van der Waals surface area contributed by atoms with Crippen LogP contribution in [0.15, 0.2) is 36.4 Å². The van der Waals surface area contributed by atoms with Gasteiger partial charge in [0.05, 0.1) is 32.8 Å². The summed E-state index contributed by atoms with van der Waals surface area (Å²) in [5.41, 5.74) is 2.02. The van der Waals surface area contributed by atoms with Gasteiger partial charge in [0, 0.05) is 5.92 Å². The number of phenolic OH excluding ortho intramolecular Hbond substituents is 1. The maximum absolute atomic E-state index is 12.4. The number of hydrogen-bond donors (Lipinski definition) is 1. The molecule has 166 valence electrons. The molecule has 1 aliphatic carbocycles. The molecule has 2 aliphatic rings. The zero-order valence-corrected chi connectivity index (χ0v) is 18.1. The van der Waals surface area contributed by atoms with Crippen LogP contribution in [0.4, 0.5) is 0 Å². The summed E-state index contributed by atoms with van der Waals surface area (Å²) < 4.78 is 22.5. The molecule has 2 aromatic carbocycles. The van der Waals surface area contributed by atoms with E-state index < -0.39 is 0 Å². The van der Waals surface area contributed by atoms with Crippen LogP contribution < -0.4 is 14.2 Å². The average Bonchev–Trinajstić information content (AvgIpc) is 3.29. The van der Waals surface area contributed by atoms with Crippen molar-refractivity contribution in [3.63, 3.8) is 0 Å². The monoisotopic (exact) mass is 426 g/mol. The molecule has 1 saturated carbocycles. The molecule has 2 fully saturated rings. The Kier molecular flexibility index (Phi) is 6.54. The second-order valence-corrected chi connectivity index (χ2v) is 8.40. The van der Waals surface area contributed by atoms with Gasteiger partial charge in [-0.2, -0.15) is 0 Å². The van der Waals surface area contributed by atoms with Crippen molar-refractivity contribution in [3.05, 3.63) is 47.5 Å². The summed E-state index contributed by atoms with van der Waals surface area (Å²) >= 11 is 0. The van der Waals surface area contributed by atoms with Crippen LogP contribution in [0.1, 0.15) is 49.1 Å². The van der Waals surface area contributed by atoms with Gasteiger partial charge in [-0.05, 0) is 73.9 Å². The first-order chi connectivity index (χ1) is 15.1. The van der Waals surface area contributed by atoms with E-state index in [0.29, 0.717) is 25.2 Å². The SMILES string of the molecule is COc1cc(CC2C[C@@H](c3ccc(OC)c(OC4CCCC4)c3)COC2=O)ccc1O. The lowest BCUT2D eigenvalue weighted by molar-refractivity contribution is -0.154. The van der Waals surface area contributed by atoms with Gasteiger partial charge >= 0.3 is 5.97 Å².